The molecular formula is C17H18BrN3O4S2. The smallest absolute Gasteiger partial charge is 0.253 e. The van der Waals surface area contributed by atoms with Gasteiger partial charge in [-0.3, -0.25) is 9.59 Å². The Morgan fingerprint density at radius 1 is 1.19 bits per heavy atom. The zero-order chi connectivity index (χ0) is 19.6. The molecule has 1 atom stereocenters. The van der Waals surface area contributed by atoms with E-state index < -0.39 is 16.1 Å². The van der Waals surface area contributed by atoms with Gasteiger partial charge < -0.3 is 10.6 Å². The highest BCUT2D eigenvalue weighted by Gasteiger charge is 2.40. The van der Waals surface area contributed by atoms with Gasteiger partial charge in [0.05, 0.1) is 3.79 Å². The number of hydrogen-bond donors (Lipinski definition) is 2. The van der Waals surface area contributed by atoms with Gasteiger partial charge in [-0.1, -0.05) is 0 Å². The number of thiophene rings is 1. The molecule has 1 saturated heterocycles. The number of halogens is 1. The van der Waals surface area contributed by atoms with E-state index in [0.717, 1.165) is 15.1 Å². The first-order valence-electron chi connectivity index (χ1n) is 8.23. The van der Waals surface area contributed by atoms with Crippen molar-refractivity contribution in [1.29, 1.82) is 0 Å². The molecule has 1 aromatic carbocycles. The van der Waals surface area contributed by atoms with Gasteiger partial charge in [-0.05, 0) is 65.2 Å². The number of amides is 2. The van der Waals surface area contributed by atoms with Gasteiger partial charge in [-0.25, -0.2) is 8.42 Å². The molecule has 0 saturated carbocycles. The van der Waals surface area contributed by atoms with Crippen molar-refractivity contribution in [2.75, 3.05) is 18.9 Å². The maximum absolute atomic E-state index is 12.9. The third kappa shape index (κ3) is 4.23. The number of anilines is 1. The quantitative estimate of drug-likeness (QED) is 0.700. The van der Waals surface area contributed by atoms with E-state index in [1.54, 1.807) is 37.4 Å². The summed E-state index contributed by atoms with van der Waals surface area (Å²) >= 11 is 4.39. The highest BCUT2D eigenvalue weighted by molar-refractivity contribution is 9.11. The molecule has 2 amide bonds. The highest BCUT2D eigenvalue weighted by Crippen LogP contribution is 2.32. The molecule has 1 unspecified atom stereocenters. The number of nitrogens with one attached hydrogen (secondary N) is 2. The van der Waals surface area contributed by atoms with Gasteiger partial charge in [0, 0.05) is 24.8 Å². The largest absolute Gasteiger partial charge is 0.355 e. The third-order valence-electron chi connectivity index (χ3n) is 4.26. The van der Waals surface area contributed by atoms with Crippen molar-refractivity contribution in [2.45, 2.75) is 23.1 Å². The molecule has 1 fully saturated rings. The summed E-state index contributed by atoms with van der Waals surface area (Å²) < 4.78 is 27.9. The summed E-state index contributed by atoms with van der Waals surface area (Å²) in [4.78, 5) is 24.3. The molecular weight excluding hydrogens is 454 g/mol. The third-order valence-corrected chi connectivity index (χ3v) is 8.26. The molecule has 0 spiro atoms. The molecule has 0 radical (unpaired) electrons. The lowest BCUT2D eigenvalue weighted by Gasteiger charge is -2.22. The Morgan fingerprint density at radius 2 is 1.89 bits per heavy atom. The van der Waals surface area contributed by atoms with Crippen LogP contribution in [0.1, 0.15) is 23.2 Å². The number of carbonyl (C=O) groups excluding carboxylic acids is 2. The SMILES string of the molecule is CNC(=O)c1ccc(NC(=O)C2CCCN2S(=O)(=O)c2ccc(Br)s2)cc1. The minimum atomic E-state index is -3.72. The van der Waals surface area contributed by atoms with Crippen molar-refractivity contribution in [3.63, 3.8) is 0 Å². The first-order chi connectivity index (χ1) is 12.8. The Bertz CT molecular complexity index is 957. The summed E-state index contributed by atoms with van der Waals surface area (Å²) in [6.07, 6.45) is 1.09. The predicted octanol–water partition coefficient (Wildman–Crippen LogP) is 2.66. The maximum Gasteiger partial charge on any atom is 0.253 e. The molecule has 144 valence electrons. The van der Waals surface area contributed by atoms with Gasteiger partial charge in [-0.2, -0.15) is 4.31 Å². The first-order valence-corrected chi connectivity index (χ1v) is 11.3. The molecule has 27 heavy (non-hydrogen) atoms. The number of sulfonamides is 1. The molecule has 1 aromatic heterocycles. The Kier molecular flexibility index (Phi) is 5.99. The minimum absolute atomic E-state index is 0.212. The van der Waals surface area contributed by atoms with Crippen molar-refractivity contribution < 1.29 is 18.0 Å². The fourth-order valence-corrected chi connectivity index (χ4v) is 6.71. The van der Waals surface area contributed by atoms with E-state index in [0.29, 0.717) is 30.6 Å². The Hall–Kier alpha value is -1.75. The summed E-state index contributed by atoms with van der Waals surface area (Å²) in [5, 5.41) is 5.27. The van der Waals surface area contributed by atoms with Gasteiger partial charge in [0.2, 0.25) is 5.91 Å². The number of benzene rings is 1. The van der Waals surface area contributed by atoms with E-state index in [4.69, 9.17) is 0 Å². The lowest BCUT2D eigenvalue weighted by Crippen LogP contribution is -2.42. The zero-order valence-electron chi connectivity index (χ0n) is 14.4. The Morgan fingerprint density at radius 3 is 2.48 bits per heavy atom. The van der Waals surface area contributed by atoms with E-state index in [1.807, 2.05) is 0 Å². The van der Waals surface area contributed by atoms with Crippen LogP contribution in [0, 0.1) is 0 Å². The molecule has 7 nitrogen and oxygen atoms in total. The van der Waals surface area contributed by atoms with Crippen LogP contribution in [0.2, 0.25) is 0 Å². The molecule has 0 bridgehead atoms. The van der Waals surface area contributed by atoms with E-state index >= 15 is 0 Å². The van der Waals surface area contributed by atoms with Gasteiger partial charge in [0.25, 0.3) is 15.9 Å². The average molecular weight is 472 g/mol. The molecule has 2 aromatic rings. The van der Waals surface area contributed by atoms with E-state index in [9.17, 15) is 18.0 Å². The number of rotatable bonds is 5. The monoisotopic (exact) mass is 471 g/mol. The fourth-order valence-electron chi connectivity index (χ4n) is 2.92. The maximum atomic E-state index is 12.9. The number of hydrogen-bond acceptors (Lipinski definition) is 5. The van der Waals surface area contributed by atoms with Crippen molar-refractivity contribution in [3.8, 4) is 0 Å². The second-order valence-corrected chi connectivity index (χ2v) is 10.6. The van der Waals surface area contributed by atoms with Gasteiger partial charge in [0.15, 0.2) is 0 Å². The van der Waals surface area contributed by atoms with Gasteiger partial charge in [0.1, 0.15) is 10.3 Å². The topological polar surface area (TPSA) is 95.6 Å². The summed E-state index contributed by atoms with van der Waals surface area (Å²) in [7, 11) is -2.18. The molecule has 2 heterocycles. The van der Waals surface area contributed by atoms with E-state index in [2.05, 4.69) is 26.6 Å². The van der Waals surface area contributed by atoms with Crippen LogP contribution in [-0.2, 0) is 14.8 Å². The van der Waals surface area contributed by atoms with Crippen LogP contribution in [0.25, 0.3) is 0 Å². The van der Waals surface area contributed by atoms with Gasteiger partial charge in [-0.15, -0.1) is 11.3 Å². The second kappa shape index (κ2) is 8.09. The summed E-state index contributed by atoms with van der Waals surface area (Å²) in [5.41, 5.74) is 0.986. The number of carbonyl (C=O) groups is 2. The van der Waals surface area contributed by atoms with Crippen LogP contribution in [0.15, 0.2) is 44.4 Å². The highest BCUT2D eigenvalue weighted by atomic mass is 79.9. The Labute approximate surface area is 169 Å². The summed E-state index contributed by atoms with van der Waals surface area (Å²) in [6, 6.07) is 8.89. The minimum Gasteiger partial charge on any atom is -0.355 e. The van der Waals surface area contributed by atoms with Crippen molar-refractivity contribution in [1.82, 2.24) is 9.62 Å². The van der Waals surface area contributed by atoms with Crippen LogP contribution in [0.5, 0.6) is 0 Å². The standard InChI is InChI=1S/C17H18BrN3O4S2/c1-19-16(22)11-4-6-12(7-5-11)20-17(23)13-3-2-10-21(13)27(24,25)15-9-8-14(18)26-15/h4-9,13H,2-3,10H2,1H3,(H,19,22)(H,20,23). The predicted molar refractivity (Wildman–Crippen MR) is 107 cm³/mol. The molecule has 0 aliphatic carbocycles. The van der Waals surface area contributed by atoms with Crippen LogP contribution in [0.4, 0.5) is 5.69 Å². The lowest BCUT2D eigenvalue weighted by atomic mass is 10.1. The molecule has 1 aliphatic rings. The summed E-state index contributed by atoms with van der Waals surface area (Å²) in [5.74, 6) is -0.595. The Balaban J connectivity index is 1.75. The first kappa shape index (κ1) is 20.0. The second-order valence-electron chi connectivity index (χ2n) is 5.98. The molecule has 1 aliphatic heterocycles. The van der Waals surface area contributed by atoms with Crippen LogP contribution < -0.4 is 10.6 Å². The molecule has 3 rings (SSSR count). The van der Waals surface area contributed by atoms with Crippen molar-refractivity contribution >= 4 is 54.8 Å². The number of nitrogens with zero attached hydrogens (tertiary/aromatic N) is 1. The summed E-state index contributed by atoms with van der Waals surface area (Å²) in [6.45, 7) is 0.311. The van der Waals surface area contributed by atoms with Gasteiger partial charge >= 0.3 is 0 Å². The van der Waals surface area contributed by atoms with E-state index in [1.165, 1.54) is 10.4 Å². The average Bonchev–Trinajstić information content (AvgIpc) is 3.31. The van der Waals surface area contributed by atoms with Crippen LogP contribution in [-0.4, -0.2) is 44.2 Å². The molecule has 2 N–H and O–H groups in total. The lowest BCUT2D eigenvalue weighted by molar-refractivity contribution is -0.119. The normalized spacial score (nSPS) is 17.6. The van der Waals surface area contributed by atoms with Crippen LogP contribution >= 0.6 is 27.3 Å². The van der Waals surface area contributed by atoms with Crippen molar-refractivity contribution in [3.05, 3.63) is 45.7 Å². The zero-order valence-corrected chi connectivity index (χ0v) is 17.7. The van der Waals surface area contributed by atoms with E-state index in [-0.39, 0.29) is 16.0 Å². The van der Waals surface area contributed by atoms with Crippen LogP contribution in [0.3, 0.4) is 0 Å². The van der Waals surface area contributed by atoms with Crippen molar-refractivity contribution in [2.24, 2.45) is 0 Å². The molecule has 10 heteroatoms. The fraction of sp³-hybridized carbons (Fsp3) is 0.294.